The third-order valence-electron chi connectivity index (χ3n) is 6.99. The lowest BCUT2D eigenvalue weighted by molar-refractivity contribution is -0.141. The zero-order valence-corrected chi connectivity index (χ0v) is 21.8. The minimum atomic E-state index is -4.50. The van der Waals surface area contributed by atoms with Crippen LogP contribution in [0.3, 0.4) is 0 Å². The first-order chi connectivity index (χ1) is 19.1. The molecule has 0 radical (unpaired) electrons. The molecule has 0 spiro atoms. The number of ether oxygens (including phenoxy) is 3. The number of carbonyl (C=O) groups is 1. The van der Waals surface area contributed by atoms with Crippen LogP contribution in [0.25, 0.3) is 11.4 Å². The number of halogens is 3. The zero-order chi connectivity index (χ0) is 28.1. The molecular formula is C27H27F3N6O4. The highest BCUT2D eigenvalue weighted by Gasteiger charge is 2.41. The molecule has 3 aliphatic rings. The van der Waals surface area contributed by atoms with Gasteiger partial charge in [-0.05, 0) is 44.5 Å². The van der Waals surface area contributed by atoms with E-state index >= 15 is 0 Å². The van der Waals surface area contributed by atoms with Crippen LogP contribution in [0.1, 0.15) is 25.8 Å². The average molecular weight is 557 g/mol. The fourth-order valence-electron chi connectivity index (χ4n) is 5.09. The van der Waals surface area contributed by atoms with Gasteiger partial charge in [-0.1, -0.05) is 12.1 Å². The fraction of sp³-hybridized carbons (Fsp3) is 0.407. The second kappa shape index (κ2) is 9.89. The topological polar surface area (TPSA) is 102 Å². The van der Waals surface area contributed by atoms with Crippen LogP contribution in [0.4, 0.5) is 35.3 Å². The van der Waals surface area contributed by atoms with Crippen LogP contribution in [0, 0.1) is 0 Å². The van der Waals surface area contributed by atoms with Crippen LogP contribution in [-0.2, 0) is 15.7 Å². The molecule has 5 heterocycles. The van der Waals surface area contributed by atoms with Gasteiger partial charge in [0.15, 0.2) is 17.4 Å². The number of anilines is 3. The molecule has 1 unspecified atom stereocenters. The molecule has 0 aliphatic carbocycles. The lowest BCUT2D eigenvalue weighted by Gasteiger charge is -2.35. The normalized spacial score (nSPS) is 21.3. The highest BCUT2D eigenvalue weighted by Crippen LogP contribution is 2.40. The van der Waals surface area contributed by atoms with Crippen molar-refractivity contribution in [2.24, 2.45) is 0 Å². The van der Waals surface area contributed by atoms with Crippen molar-refractivity contribution >= 4 is 23.4 Å². The highest BCUT2D eigenvalue weighted by molar-refractivity contribution is 6.04. The lowest BCUT2D eigenvalue weighted by Crippen LogP contribution is -2.48. The molecule has 6 rings (SSSR count). The third-order valence-corrected chi connectivity index (χ3v) is 6.99. The van der Waals surface area contributed by atoms with Gasteiger partial charge in [0.2, 0.25) is 0 Å². The maximum atomic E-state index is 13.5. The number of nitrogens with zero attached hydrogens (tertiary/aromatic N) is 5. The summed E-state index contributed by atoms with van der Waals surface area (Å²) in [6, 6.07) is 7.55. The quantitative estimate of drug-likeness (QED) is 0.482. The van der Waals surface area contributed by atoms with E-state index in [2.05, 4.69) is 25.2 Å². The summed E-state index contributed by atoms with van der Waals surface area (Å²) >= 11 is 0. The standard InChI is InChI=1S/C27H27F3N6O4/c1-26(2)39-15-20(40-26)14-38-19-6-7-22(31-11-19)33-25(37)36-18-8-9-35(13-18)21-12-32-23(34-24(21)36)16-4-3-5-17(10-16)27(28,29)30/h3-7,10-12,18,20H,8-9,13-15H2,1-2H3,(H,31,33,37)/t18?,20-/m1/s1. The van der Waals surface area contributed by atoms with E-state index in [0.29, 0.717) is 55.8 Å². The number of nitrogens with one attached hydrogen (secondary N) is 1. The first kappa shape index (κ1) is 26.3. The van der Waals surface area contributed by atoms with Crippen LogP contribution in [0.5, 0.6) is 5.75 Å². The molecule has 10 nitrogen and oxygen atoms in total. The van der Waals surface area contributed by atoms with E-state index in [1.165, 1.54) is 18.3 Å². The second-order valence-corrected chi connectivity index (χ2v) is 10.3. The van der Waals surface area contributed by atoms with Gasteiger partial charge in [0, 0.05) is 18.7 Å². The lowest BCUT2D eigenvalue weighted by atomic mass is 10.1. The monoisotopic (exact) mass is 556 g/mol. The summed E-state index contributed by atoms with van der Waals surface area (Å²) in [5.41, 5.74) is 0.0649. The number of amides is 2. The summed E-state index contributed by atoms with van der Waals surface area (Å²) in [7, 11) is 0. The van der Waals surface area contributed by atoms with Crippen molar-refractivity contribution in [1.29, 1.82) is 0 Å². The van der Waals surface area contributed by atoms with Crippen molar-refractivity contribution in [3.05, 3.63) is 54.4 Å². The number of aromatic nitrogens is 3. The number of pyridine rings is 1. The Balaban J connectivity index is 1.19. The Morgan fingerprint density at radius 1 is 1.20 bits per heavy atom. The minimum absolute atomic E-state index is 0.102. The van der Waals surface area contributed by atoms with E-state index < -0.39 is 23.6 Å². The van der Waals surface area contributed by atoms with Gasteiger partial charge in [0.05, 0.1) is 36.3 Å². The first-order valence-electron chi connectivity index (χ1n) is 12.9. The van der Waals surface area contributed by atoms with E-state index in [-0.39, 0.29) is 23.5 Å². The van der Waals surface area contributed by atoms with Gasteiger partial charge in [-0.25, -0.2) is 19.7 Å². The molecule has 1 N–H and O–H groups in total. The molecule has 2 atom stereocenters. The Kier molecular flexibility index (Phi) is 6.50. The second-order valence-electron chi connectivity index (χ2n) is 10.3. The summed E-state index contributed by atoms with van der Waals surface area (Å²) in [6.45, 7) is 5.74. The van der Waals surface area contributed by atoms with Crippen molar-refractivity contribution in [2.75, 3.05) is 41.4 Å². The van der Waals surface area contributed by atoms with Crippen molar-refractivity contribution in [3.63, 3.8) is 0 Å². The Morgan fingerprint density at radius 3 is 2.77 bits per heavy atom. The highest BCUT2D eigenvalue weighted by atomic mass is 19.4. The average Bonchev–Trinajstić information content (AvgIpc) is 3.50. The Labute approximate surface area is 228 Å². The molecule has 3 aromatic rings. The van der Waals surface area contributed by atoms with Crippen LogP contribution >= 0.6 is 0 Å². The summed E-state index contributed by atoms with van der Waals surface area (Å²) in [6.07, 6.45) is -0.907. The summed E-state index contributed by atoms with van der Waals surface area (Å²) < 4.78 is 56.8. The van der Waals surface area contributed by atoms with Gasteiger partial charge < -0.3 is 19.1 Å². The largest absolute Gasteiger partial charge is 0.489 e. The van der Waals surface area contributed by atoms with Crippen molar-refractivity contribution in [1.82, 2.24) is 15.0 Å². The predicted octanol–water partition coefficient (Wildman–Crippen LogP) is 4.72. The van der Waals surface area contributed by atoms with Crippen LogP contribution < -0.4 is 19.9 Å². The Morgan fingerprint density at radius 2 is 2.05 bits per heavy atom. The number of urea groups is 1. The van der Waals surface area contributed by atoms with Crippen LogP contribution in [0.15, 0.2) is 48.8 Å². The van der Waals surface area contributed by atoms with Gasteiger partial charge in [0.25, 0.3) is 0 Å². The number of carbonyl (C=O) groups excluding carboxylic acids is 1. The number of fused-ring (bicyclic) bond motifs is 4. The molecule has 40 heavy (non-hydrogen) atoms. The number of alkyl halides is 3. The number of benzene rings is 1. The van der Waals surface area contributed by atoms with Gasteiger partial charge in [-0.3, -0.25) is 10.2 Å². The molecule has 210 valence electrons. The first-order valence-corrected chi connectivity index (χ1v) is 12.9. The molecule has 3 aliphatic heterocycles. The molecule has 0 saturated carbocycles. The smallest absolute Gasteiger partial charge is 0.416 e. The van der Waals surface area contributed by atoms with Crippen molar-refractivity contribution < 1.29 is 32.2 Å². The molecule has 1 aromatic carbocycles. The van der Waals surface area contributed by atoms with E-state index in [1.54, 1.807) is 23.2 Å². The van der Waals surface area contributed by atoms with Gasteiger partial charge >= 0.3 is 12.2 Å². The van der Waals surface area contributed by atoms with Crippen molar-refractivity contribution in [2.45, 2.75) is 44.4 Å². The molecule has 2 amide bonds. The third kappa shape index (κ3) is 5.26. The van der Waals surface area contributed by atoms with E-state index in [4.69, 9.17) is 14.2 Å². The number of rotatable bonds is 5. The number of hydrogen-bond donors (Lipinski definition) is 1. The van der Waals surface area contributed by atoms with E-state index in [1.807, 2.05) is 13.8 Å². The van der Waals surface area contributed by atoms with Gasteiger partial charge in [-0.15, -0.1) is 0 Å². The molecular weight excluding hydrogens is 529 g/mol. The maximum Gasteiger partial charge on any atom is 0.416 e. The molecule has 2 fully saturated rings. The summed E-state index contributed by atoms with van der Waals surface area (Å²) in [4.78, 5) is 30.3. The zero-order valence-electron chi connectivity index (χ0n) is 21.8. The molecule has 2 aromatic heterocycles. The minimum Gasteiger partial charge on any atom is -0.489 e. The SMILES string of the molecule is CC1(C)OC[C@@H](COc2ccc(NC(=O)N3c4nc(-c5cccc(C(F)(F)F)c5)ncc4N4CCC3C4)nc2)O1. The molecule has 2 saturated heterocycles. The van der Waals surface area contributed by atoms with E-state index in [9.17, 15) is 18.0 Å². The van der Waals surface area contributed by atoms with E-state index in [0.717, 1.165) is 12.1 Å². The fourth-order valence-corrected chi connectivity index (χ4v) is 5.09. The van der Waals surface area contributed by atoms with Crippen LogP contribution in [0.2, 0.25) is 0 Å². The van der Waals surface area contributed by atoms with Crippen molar-refractivity contribution in [3.8, 4) is 17.1 Å². The Bertz CT molecular complexity index is 1420. The molecule has 13 heteroatoms. The van der Waals surface area contributed by atoms with Gasteiger partial charge in [-0.2, -0.15) is 13.2 Å². The molecule has 2 bridgehead atoms. The predicted molar refractivity (Wildman–Crippen MR) is 139 cm³/mol. The summed E-state index contributed by atoms with van der Waals surface area (Å²) in [5, 5.41) is 2.81. The van der Waals surface area contributed by atoms with Crippen LogP contribution in [-0.4, -0.2) is 65.2 Å². The van der Waals surface area contributed by atoms with Gasteiger partial charge in [0.1, 0.15) is 24.3 Å². The summed E-state index contributed by atoms with van der Waals surface area (Å²) in [5.74, 6) is 0.635. The number of hydrogen-bond acceptors (Lipinski definition) is 8. The maximum absolute atomic E-state index is 13.5. The Hall–Kier alpha value is -3.97.